The molecule has 0 amide bonds. The molecule has 0 nitrogen and oxygen atoms in total. The molecule has 0 aromatic heterocycles. The van der Waals surface area contributed by atoms with Crippen molar-refractivity contribution in [1.29, 1.82) is 0 Å². The van der Waals surface area contributed by atoms with Gasteiger partial charge < -0.3 is 0 Å². The first kappa shape index (κ1) is 15.8. The van der Waals surface area contributed by atoms with E-state index in [1.165, 1.54) is 57.8 Å². The largest absolute Gasteiger partial charge is 0.0848 e. The summed E-state index contributed by atoms with van der Waals surface area (Å²) >= 11 is 0. The molecule has 0 fully saturated rings. The Balaban J connectivity index is 2.67. The highest BCUT2D eigenvalue weighted by Gasteiger charge is 2.19. The van der Waals surface area contributed by atoms with Crippen molar-refractivity contribution in [3.05, 3.63) is 11.6 Å². The fourth-order valence-corrected chi connectivity index (χ4v) is 3.41. The van der Waals surface area contributed by atoms with Crippen LogP contribution in [0.3, 0.4) is 0 Å². The zero-order valence-corrected chi connectivity index (χ0v) is 13.2. The van der Waals surface area contributed by atoms with Gasteiger partial charge in [0.2, 0.25) is 0 Å². The minimum Gasteiger partial charge on any atom is -0.0848 e. The van der Waals surface area contributed by atoms with Crippen molar-refractivity contribution in [2.45, 2.75) is 85.5 Å². The fourth-order valence-electron chi connectivity index (χ4n) is 3.41. The Morgan fingerprint density at radius 2 is 1.94 bits per heavy atom. The third-order valence-electron chi connectivity index (χ3n) is 4.81. The minimum atomic E-state index is 0.826. The molecule has 0 bridgehead atoms. The lowest BCUT2D eigenvalue weighted by atomic mass is 9.81. The smallest absolute Gasteiger partial charge is 0.0203 e. The van der Waals surface area contributed by atoms with E-state index >= 15 is 0 Å². The molecule has 1 aliphatic carbocycles. The third kappa shape index (κ3) is 5.16. The molecule has 1 aliphatic rings. The van der Waals surface area contributed by atoms with Gasteiger partial charge in [-0.25, -0.2) is 0 Å². The molecule has 0 N–H and O–H groups in total. The molecular weight excluding hydrogens is 216 g/mol. The number of unbranched alkanes of at least 4 members (excludes halogenated alkanes) is 1. The van der Waals surface area contributed by atoms with E-state index in [0.717, 1.165) is 17.8 Å². The maximum atomic E-state index is 2.62. The Morgan fingerprint density at radius 3 is 2.61 bits per heavy atom. The molecule has 18 heavy (non-hydrogen) atoms. The van der Waals surface area contributed by atoms with E-state index in [9.17, 15) is 0 Å². The third-order valence-corrected chi connectivity index (χ3v) is 4.81. The zero-order valence-electron chi connectivity index (χ0n) is 13.2. The fraction of sp³-hybridized carbons (Fsp3) is 0.889. The first-order chi connectivity index (χ1) is 8.69. The molecule has 0 spiro atoms. The van der Waals surface area contributed by atoms with Crippen LogP contribution in [-0.2, 0) is 0 Å². The molecule has 0 heterocycles. The molecule has 0 saturated carbocycles. The summed E-state index contributed by atoms with van der Waals surface area (Å²) in [6.07, 6.45) is 15.1. The predicted molar refractivity (Wildman–Crippen MR) is 82.8 cm³/mol. The summed E-state index contributed by atoms with van der Waals surface area (Å²) in [5.74, 6) is 2.64. The average Bonchev–Trinajstić information content (AvgIpc) is 2.45. The maximum Gasteiger partial charge on any atom is -0.0203 e. The Kier molecular flexibility index (Phi) is 7.70. The van der Waals surface area contributed by atoms with Crippen molar-refractivity contribution < 1.29 is 0 Å². The van der Waals surface area contributed by atoms with Crippen LogP contribution in [0.4, 0.5) is 0 Å². The quantitative estimate of drug-likeness (QED) is 0.498. The molecule has 0 heteroatoms. The molecule has 0 saturated heterocycles. The molecule has 3 atom stereocenters. The van der Waals surface area contributed by atoms with Crippen LogP contribution < -0.4 is 0 Å². The number of hydrogen-bond donors (Lipinski definition) is 0. The lowest BCUT2D eigenvalue weighted by molar-refractivity contribution is 0.405. The second-order valence-corrected chi connectivity index (χ2v) is 6.47. The van der Waals surface area contributed by atoms with Gasteiger partial charge in [0.15, 0.2) is 0 Å². The lowest BCUT2D eigenvalue weighted by Gasteiger charge is -2.25. The van der Waals surface area contributed by atoms with Crippen LogP contribution in [0, 0.1) is 17.8 Å². The first-order valence-electron chi connectivity index (χ1n) is 8.38. The standard InChI is InChI=1S/C18H34/c1-5-7-11-17(6-2)18-12-9-8-10-15(3)13-14-16(18)4/h12,15-17H,5-11,13-14H2,1-4H3. The summed E-state index contributed by atoms with van der Waals surface area (Å²) < 4.78 is 0. The zero-order chi connectivity index (χ0) is 13.4. The van der Waals surface area contributed by atoms with Crippen molar-refractivity contribution in [3.63, 3.8) is 0 Å². The van der Waals surface area contributed by atoms with Crippen LogP contribution in [-0.4, -0.2) is 0 Å². The van der Waals surface area contributed by atoms with Gasteiger partial charge in [-0.05, 0) is 49.9 Å². The topological polar surface area (TPSA) is 0 Å². The van der Waals surface area contributed by atoms with Gasteiger partial charge in [0, 0.05) is 0 Å². The van der Waals surface area contributed by atoms with E-state index in [1.54, 1.807) is 5.57 Å². The summed E-state index contributed by atoms with van der Waals surface area (Å²) in [6, 6.07) is 0. The molecule has 0 aliphatic heterocycles. The van der Waals surface area contributed by atoms with Crippen LogP contribution >= 0.6 is 0 Å². The average molecular weight is 250 g/mol. The van der Waals surface area contributed by atoms with Crippen molar-refractivity contribution in [2.75, 3.05) is 0 Å². The van der Waals surface area contributed by atoms with E-state index < -0.39 is 0 Å². The van der Waals surface area contributed by atoms with E-state index in [2.05, 4.69) is 33.8 Å². The highest BCUT2D eigenvalue weighted by Crippen LogP contribution is 2.33. The Labute approximate surface area is 115 Å². The molecule has 0 radical (unpaired) electrons. The van der Waals surface area contributed by atoms with Crippen molar-refractivity contribution in [2.24, 2.45) is 17.8 Å². The van der Waals surface area contributed by atoms with Crippen LogP contribution in [0.5, 0.6) is 0 Å². The number of allylic oxidation sites excluding steroid dienone is 2. The van der Waals surface area contributed by atoms with Crippen molar-refractivity contribution >= 4 is 0 Å². The van der Waals surface area contributed by atoms with E-state index in [0.29, 0.717) is 0 Å². The van der Waals surface area contributed by atoms with Gasteiger partial charge in [-0.15, -0.1) is 0 Å². The maximum absolute atomic E-state index is 2.62. The van der Waals surface area contributed by atoms with Crippen molar-refractivity contribution in [1.82, 2.24) is 0 Å². The minimum absolute atomic E-state index is 0.826. The van der Waals surface area contributed by atoms with Gasteiger partial charge in [0.1, 0.15) is 0 Å². The monoisotopic (exact) mass is 250 g/mol. The first-order valence-corrected chi connectivity index (χ1v) is 8.38. The molecule has 3 unspecified atom stereocenters. The van der Waals surface area contributed by atoms with E-state index in [4.69, 9.17) is 0 Å². The SMILES string of the molecule is CCCCC(CC)C1=CCCCC(C)CCC1C. The summed E-state index contributed by atoms with van der Waals surface area (Å²) in [5.41, 5.74) is 1.81. The Morgan fingerprint density at radius 1 is 1.17 bits per heavy atom. The van der Waals surface area contributed by atoms with Gasteiger partial charge >= 0.3 is 0 Å². The Bertz CT molecular complexity index is 238. The highest BCUT2D eigenvalue weighted by molar-refractivity contribution is 5.10. The van der Waals surface area contributed by atoms with Crippen LogP contribution in [0.15, 0.2) is 11.6 Å². The van der Waals surface area contributed by atoms with Gasteiger partial charge in [-0.1, -0.05) is 65.0 Å². The summed E-state index contributed by atoms with van der Waals surface area (Å²) in [7, 11) is 0. The number of rotatable bonds is 5. The van der Waals surface area contributed by atoms with Crippen LogP contribution in [0.25, 0.3) is 0 Å². The van der Waals surface area contributed by atoms with Crippen molar-refractivity contribution in [3.8, 4) is 0 Å². The summed E-state index contributed by atoms with van der Waals surface area (Å²) in [4.78, 5) is 0. The second kappa shape index (κ2) is 8.77. The van der Waals surface area contributed by atoms with Gasteiger partial charge in [0.05, 0.1) is 0 Å². The van der Waals surface area contributed by atoms with Gasteiger partial charge in [-0.3, -0.25) is 0 Å². The van der Waals surface area contributed by atoms with E-state index in [1.807, 2.05) is 0 Å². The number of hydrogen-bond acceptors (Lipinski definition) is 0. The molecular formula is C18H34. The van der Waals surface area contributed by atoms with Gasteiger partial charge in [-0.2, -0.15) is 0 Å². The lowest BCUT2D eigenvalue weighted by Crippen LogP contribution is -2.11. The molecule has 106 valence electrons. The summed E-state index contributed by atoms with van der Waals surface area (Å²) in [6.45, 7) is 9.60. The molecule has 1 rings (SSSR count). The normalized spacial score (nSPS) is 27.9. The Hall–Kier alpha value is -0.260. The second-order valence-electron chi connectivity index (χ2n) is 6.47. The highest BCUT2D eigenvalue weighted by atomic mass is 14.2. The van der Waals surface area contributed by atoms with Crippen LogP contribution in [0.1, 0.15) is 85.5 Å². The van der Waals surface area contributed by atoms with Crippen LogP contribution in [0.2, 0.25) is 0 Å². The molecule has 0 aromatic carbocycles. The van der Waals surface area contributed by atoms with Gasteiger partial charge in [0.25, 0.3) is 0 Å². The predicted octanol–water partition coefficient (Wildman–Crippen LogP) is 6.37. The summed E-state index contributed by atoms with van der Waals surface area (Å²) in [5, 5.41) is 0. The van der Waals surface area contributed by atoms with E-state index in [-0.39, 0.29) is 0 Å². The molecule has 0 aromatic rings.